The third-order valence-corrected chi connectivity index (χ3v) is 5.60. The number of carbonyl (C=O) groups excluding carboxylic acids is 1. The van der Waals surface area contributed by atoms with Crippen LogP contribution in [-0.2, 0) is 9.53 Å². The van der Waals surface area contributed by atoms with Crippen molar-refractivity contribution in [3.05, 3.63) is 24.3 Å². The lowest BCUT2D eigenvalue weighted by Gasteiger charge is -2.35. The van der Waals surface area contributed by atoms with E-state index in [2.05, 4.69) is 39.0 Å². The SMILES string of the molecule is C[C@@H]1/C=C/C[C@@H](C)[C@@H](O)C(=O)[C@@H](O)[C@@]2(C)CC[C@H](O2)C(C)(C)/C=C/1. The topological polar surface area (TPSA) is 66.8 Å². The Balaban J connectivity index is 2.34. The molecule has 2 aliphatic heterocycles. The molecule has 4 heteroatoms. The van der Waals surface area contributed by atoms with Gasteiger partial charge in [0, 0.05) is 5.41 Å². The molecule has 1 saturated heterocycles. The van der Waals surface area contributed by atoms with E-state index in [0.717, 1.165) is 6.42 Å². The molecular weight excluding hydrogens is 304 g/mol. The summed E-state index contributed by atoms with van der Waals surface area (Å²) in [6.45, 7) is 9.96. The maximum atomic E-state index is 12.5. The number of hydrogen-bond acceptors (Lipinski definition) is 4. The summed E-state index contributed by atoms with van der Waals surface area (Å²) in [6.07, 6.45) is 7.90. The summed E-state index contributed by atoms with van der Waals surface area (Å²) in [5.41, 5.74) is -1.11. The summed E-state index contributed by atoms with van der Waals surface area (Å²) in [6, 6.07) is 0. The van der Waals surface area contributed by atoms with Gasteiger partial charge in [0.15, 0.2) is 5.78 Å². The first-order valence-corrected chi connectivity index (χ1v) is 9.00. The second-order valence-electron chi connectivity index (χ2n) is 8.39. The maximum absolute atomic E-state index is 12.5. The first-order chi connectivity index (χ1) is 11.1. The minimum atomic E-state index is -1.30. The van der Waals surface area contributed by atoms with Crippen LogP contribution in [0.5, 0.6) is 0 Å². The number of ketones is 1. The van der Waals surface area contributed by atoms with Crippen LogP contribution in [0.4, 0.5) is 0 Å². The van der Waals surface area contributed by atoms with Crippen LogP contribution in [0.1, 0.15) is 53.9 Å². The van der Waals surface area contributed by atoms with E-state index < -0.39 is 23.6 Å². The van der Waals surface area contributed by atoms with Crippen molar-refractivity contribution in [2.75, 3.05) is 0 Å². The molecule has 2 heterocycles. The predicted octanol–water partition coefficient (Wildman–Crippen LogP) is 3.03. The van der Waals surface area contributed by atoms with Gasteiger partial charge in [0.05, 0.1) is 11.7 Å². The fourth-order valence-corrected chi connectivity index (χ4v) is 3.54. The molecule has 0 saturated carbocycles. The molecule has 0 spiro atoms. The van der Waals surface area contributed by atoms with Crippen molar-refractivity contribution in [3.63, 3.8) is 0 Å². The number of carbonyl (C=O) groups is 1. The van der Waals surface area contributed by atoms with E-state index >= 15 is 0 Å². The summed E-state index contributed by atoms with van der Waals surface area (Å²) in [5.74, 6) is -0.483. The summed E-state index contributed by atoms with van der Waals surface area (Å²) in [4.78, 5) is 12.5. The Morgan fingerprint density at radius 3 is 2.50 bits per heavy atom. The molecule has 2 bridgehead atoms. The number of rotatable bonds is 0. The third-order valence-electron chi connectivity index (χ3n) is 5.60. The monoisotopic (exact) mass is 336 g/mol. The van der Waals surface area contributed by atoms with Crippen LogP contribution in [0.25, 0.3) is 0 Å². The third kappa shape index (κ3) is 3.98. The van der Waals surface area contributed by atoms with Crippen molar-refractivity contribution >= 4 is 5.78 Å². The van der Waals surface area contributed by atoms with Crippen molar-refractivity contribution in [2.24, 2.45) is 17.3 Å². The number of aliphatic hydroxyl groups excluding tert-OH is 2. The zero-order valence-electron chi connectivity index (χ0n) is 15.5. The van der Waals surface area contributed by atoms with E-state index in [1.807, 2.05) is 13.0 Å². The number of hydrogen-bond donors (Lipinski definition) is 2. The number of Topliss-reactive ketones (excluding diaryl/α,β-unsaturated/α-hetero) is 1. The highest BCUT2D eigenvalue weighted by molar-refractivity contribution is 5.88. The minimum Gasteiger partial charge on any atom is -0.385 e. The van der Waals surface area contributed by atoms with Gasteiger partial charge in [-0.2, -0.15) is 0 Å². The fraction of sp³-hybridized carbons (Fsp3) is 0.750. The molecule has 4 nitrogen and oxygen atoms in total. The molecule has 2 aliphatic rings. The van der Waals surface area contributed by atoms with E-state index in [9.17, 15) is 15.0 Å². The average molecular weight is 336 g/mol. The Morgan fingerprint density at radius 1 is 1.17 bits per heavy atom. The van der Waals surface area contributed by atoms with Gasteiger partial charge in [-0.25, -0.2) is 0 Å². The quantitative estimate of drug-likeness (QED) is 0.667. The lowest BCUT2D eigenvalue weighted by Crippen LogP contribution is -2.50. The molecule has 1 fully saturated rings. The Labute approximate surface area is 145 Å². The standard InChI is InChI=1S/C20H32O4/c1-13-7-6-8-14(2)16(21)17(22)18(23)20(5)12-10-15(24-20)19(3,4)11-9-13/h6-7,9,11,13-16,18,21,23H,8,10,12H2,1-5H3/b7-6+,11-9+/t13-,14-,15+,16-,18-,20-/m1/s1. The highest BCUT2D eigenvalue weighted by atomic mass is 16.5. The van der Waals surface area contributed by atoms with Crippen LogP contribution in [0, 0.1) is 17.3 Å². The average Bonchev–Trinajstić information content (AvgIpc) is 2.94. The molecule has 6 atom stereocenters. The highest BCUT2D eigenvalue weighted by Gasteiger charge is 2.49. The van der Waals surface area contributed by atoms with Crippen molar-refractivity contribution in [3.8, 4) is 0 Å². The largest absolute Gasteiger partial charge is 0.385 e. The van der Waals surface area contributed by atoms with Gasteiger partial charge in [0.25, 0.3) is 0 Å². The van der Waals surface area contributed by atoms with Gasteiger partial charge >= 0.3 is 0 Å². The van der Waals surface area contributed by atoms with E-state index in [-0.39, 0.29) is 23.4 Å². The molecular formula is C20H32O4. The lowest BCUT2D eigenvalue weighted by atomic mass is 9.83. The van der Waals surface area contributed by atoms with Gasteiger partial charge in [0.1, 0.15) is 12.2 Å². The highest BCUT2D eigenvalue weighted by Crippen LogP contribution is 2.42. The molecule has 0 aromatic carbocycles. The Hall–Kier alpha value is -0.970. The lowest BCUT2D eigenvalue weighted by molar-refractivity contribution is -0.162. The molecule has 0 aromatic heterocycles. The van der Waals surface area contributed by atoms with Crippen LogP contribution < -0.4 is 0 Å². The first-order valence-electron chi connectivity index (χ1n) is 9.00. The van der Waals surface area contributed by atoms with Crippen molar-refractivity contribution < 1.29 is 19.7 Å². The Bertz CT molecular complexity index is 522. The number of fused-ring (bicyclic) bond motifs is 2. The normalized spacial score (nSPS) is 46.3. The van der Waals surface area contributed by atoms with Crippen LogP contribution in [0.3, 0.4) is 0 Å². The van der Waals surface area contributed by atoms with E-state index in [0.29, 0.717) is 12.8 Å². The minimum absolute atomic E-state index is 0.0603. The Morgan fingerprint density at radius 2 is 1.83 bits per heavy atom. The summed E-state index contributed by atoms with van der Waals surface area (Å²) >= 11 is 0. The zero-order valence-corrected chi connectivity index (χ0v) is 15.5. The number of allylic oxidation sites excluding steroid dienone is 3. The second-order valence-corrected chi connectivity index (χ2v) is 8.39. The van der Waals surface area contributed by atoms with E-state index in [1.165, 1.54) is 0 Å². The molecule has 2 N–H and O–H groups in total. The van der Waals surface area contributed by atoms with E-state index in [1.54, 1.807) is 6.92 Å². The maximum Gasteiger partial charge on any atom is 0.192 e. The molecule has 0 amide bonds. The predicted molar refractivity (Wildman–Crippen MR) is 94.5 cm³/mol. The van der Waals surface area contributed by atoms with E-state index in [4.69, 9.17) is 4.74 Å². The molecule has 24 heavy (non-hydrogen) atoms. The van der Waals surface area contributed by atoms with Crippen molar-refractivity contribution in [1.29, 1.82) is 0 Å². The van der Waals surface area contributed by atoms with Gasteiger partial charge in [-0.1, -0.05) is 52.0 Å². The molecule has 0 unspecified atom stereocenters. The molecule has 2 rings (SSSR count). The van der Waals surface area contributed by atoms with Crippen LogP contribution >= 0.6 is 0 Å². The van der Waals surface area contributed by atoms with Crippen molar-refractivity contribution in [1.82, 2.24) is 0 Å². The summed E-state index contributed by atoms with van der Waals surface area (Å²) in [7, 11) is 0. The van der Waals surface area contributed by atoms with Crippen molar-refractivity contribution in [2.45, 2.75) is 77.8 Å². The summed E-state index contributed by atoms with van der Waals surface area (Å²) < 4.78 is 6.16. The fourth-order valence-electron chi connectivity index (χ4n) is 3.54. The zero-order chi connectivity index (χ0) is 18.1. The van der Waals surface area contributed by atoms with Gasteiger partial charge < -0.3 is 14.9 Å². The van der Waals surface area contributed by atoms with Gasteiger partial charge in [-0.05, 0) is 38.0 Å². The van der Waals surface area contributed by atoms with Gasteiger partial charge in [-0.3, -0.25) is 4.79 Å². The van der Waals surface area contributed by atoms with Gasteiger partial charge in [-0.15, -0.1) is 0 Å². The Kier molecular flexibility index (Phi) is 5.73. The number of ether oxygens (including phenoxy) is 1. The first kappa shape index (κ1) is 19.4. The smallest absolute Gasteiger partial charge is 0.192 e. The molecule has 0 radical (unpaired) electrons. The molecule has 0 aromatic rings. The summed E-state index contributed by atoms with van der Waals surface area (Å²) in [5, 5.41) is 20.9. The molecule has 0 aliphatic carbocycles. The second kappa shape index (κ2) is 7.11. The number of aliphatic hydroxyl groups is 2. The van der Waals surface area contributed by atoms with Crippen LogP contribution in [-0.4, -0.2) is 39.9 Å². The van der Waals surface area contributed by atoms with Crippen LogP contribution in [0.2, 0.25) is 0 Å². The van der Waals surface area contributed by atoms with Gasteiger partial charge in [0.2, 0.25) is 0 Å². The molecule has 136 valence electrons. The van der Waals surface area contributed by atoms with Crippen LogP contribution in [0.15, 0.2) is 24.3 Å².